The second-order valence-electron chi connectivity index (χ2n) is 22.8. The van der Waals surface area contributed by atoms with E-state index in [4.69, 9.17) is 9.97 Å². The third-order valence-electron chi connectivity index (χ3n) is 17.4. The quantitative estimate of drug-likeness (QED) is 0.0361. The van der Waals surface area contributed by atoms with Gasteiger partial charge in [0.15, 0.2) is 10.9 Å². The summed E-state index contributed by atoms with van der Waals surface area (Å²) >= 11 is 3.15. The van der Waals surface area contributed by atoms with Gasteiger partial charge >= 0.3 is 12.1 Å². The van der Waals surface area contributed by atoms with Crippen LogP contribution in [0.4, 0.5) is 14.7 Å². The molecule has 8 heterocycles. The molecule has 0 aliphatic carbocycles. The number of nitrogens with one attached hydrogen (secondary N) is 6. The number of fused-ring (bicyclic) bond motifs is 2. The summed E-state index contributed by atoms with van der Waals surface area (Å²) in [6, 6.07) is 20.6. The molecular weight excluding hydrogens is 1100 g/mol. The maximum atomic E-state index is 14.7. The molecule has 4 aliphatic rings. The maximum Gasteiger partial charge on any atom is 0.317 e. The van der Waals surface area contributed by atoms with E-state index < -0.39 is 30.2 Å². The van der Waals surface area contributed by atoms with Gasteiger partial charge < -0.3 is 51.5 Å². The Labute approximate surface area is 499 Å². The van der Waals surface area contributed by atoms with Crippen molar-refractivity contribution in [2.75, 3.05) is 71.4 Å². The number of thiazole rings is 2. The summed E-state index contributed by atoms with van der Waals surface area (Å²) in [6.45, 7) is 7.75. The van der Waals surface area contributed by atoms with Gasteiger partial charge in [0, 0.05) is 75.9 Å². The van der Waals surface area contributed by atoms with E-state index in [1.54, 1.807) is 67.9 Å². The molecule has 1 unspecified atom stereocenters. The van der Waals surface area contributed by atoms with Crippen LogP contribution in [0.3, 0.4) is 0 Å². The molecule has 10 rings (SSSR count). The van der Waals surface area contributed by atoms with Crippen LogP contribution in [0.15, 0.2) is 85.2 Å². The first-order valence-corrected chi connectivity index (χ1v) is 31.8. The number of aromatic nitrogens is 4. The fourth-order valence-corrected chi connectivity index (χ4v) is 14.4. The summed E-state index contributed by atoms with van der Waals surface area (Å²) in [7, 11) is 3.45. The zero-order valence-corrected chi connectivity index (χ0v) is 50.3. The van der Waals surface area contributed by atoms with Crippen molar-refractivity contribution in [3.8, 4) is 22.5 Å². The molecule has 4 fully saturated rings. The van der Waals surface area contributed by atoms with Gasteiger partial charge in [0.2, 0.25) is 17.7 Å². The third kappa shape index (κ3) is 13.8. The number of ketones is 1. The van der Waals surface area contributed by atoms with Gasteiger partial charge in [0.05, 0.1) is 51.0 Å². The van der Waals surface area contributed by atoms with Crippen LogP contribution in [0.1, 0.15) is 102 Å². The number of hydrogen-bond donors (Lipinski definition) is 6. The third-order valence-corrected chi connectivity index (χ3v) is 19.6. The van der Waals surface area contributed by atoms with Crippen LogP contribution >= 0.6 is 22.7 Å². The van der Waals surface area contributed by atoms with Crippen molar-refractivity contribution in [3.05, 3.63) is 90.2 Å². The molecule has 22 heteroatoms. The van der Waals surface area contributed by atoms with Crippen molar-refractivity contribution in [3.63, 3.8) is 0 Å². The lowest BCUT2D eigenvalue weighted by Crippen LogP contribution is -2.57. The van der Waals surface area contributed by atoms with E-state index in [0.717, 1.165) is 98.0 Å². The number of Topliss-reactive ketones (excluding diaryl/α,β-unsaturated/α-hetero) is 1. The monoisotopic (exact) mass is 1180 g/mol. The molecule has 446 valence electrons. The summed E-state index contributed by atoms with van der Waals surface area (Å²) in [5.74, 6) is -0.878. The zero-order valence-electron chi connectivity index (χ0n) is 48.7. The van der Waals surface area contributed by atoms with Crippen LogP contribution in [-0.2, 0) is 19.2 Å². The molecule has 4 saturated heterocycles. The van der Waals surface area contributed by atoms with Crippen LogP contribution < -0.4 is 36.8 Å². The van der Waals surface area contributed by atoms with Crippen LogP contribution in [0.5, 0.6) is 0 Å². The van der Waals surface area contributed by atoms with Crippen molar-refractivity contribution in [1.82, 2.24) is 66.5 Å². The predicted octanol–water partition coefficient (Wildman–Crippen LogP) is 7.52. The largest absolute Gasteiger partial charge is 0.345 e. The first kappa shape index (κ1) is 60.0. The number of likely N-dealkylation sites (tertiary alicyclic amines) is 3. The summed E-state index contributed by atoms with van der Waals surface area (Å²) in [5, 5.41) is 20.1. The molecule has 0 bridgehead atoms. The predicted molar refractivity (Wildman–Crippen MR) is 330 cm³/mol. The fourth-order valence-electron chi connectivity index (χ4n) is 12.3. The normalized spacial score (nSPS) is 19.3. The minimum Gasteiger partial charge on any atom is -0.345 e. The Morgan fingerprint density at radius 3 is 1.62 bits per heavy atom. The van der Waals surface area contributed by atoms with Crippen molar-refractivity contribution in [2.24, 2.45) is 11.8 Å². The minimum absolute atomic E-state index is 0.0145. The van der Waals surface area contributed by atoms with E-state index in [9.17, 15) is 28.8 Å². The zero-order chi connectivity index (χ0) is 58.7. The van der Waals surface area contributed by atoms with E-state index in [2.05, 4.69) is 46.8 Å². The standard InChI is InChI=1S/C62H80N14O6S2/c1-39(63-3)56(78)69-51(55(77)45-21-15-34-76(45)62-72-54-48(84-62)24-32-66-50(54)42-19-11-8-12-20-42)43-25-35-73(36-26-43)60(81)67-29-13-5-6-14-30-68-61(82)74-37-27-44(28-38-74)52(70-57(79)40(2)64-4)59(80)75-33-16-22-46(75)58-71-53-47(83-58)23-31-65-49(53)41-17-9-7-10-18-41/h7-12,17-20,23-24,31-32,39-40,43-46,51-52,63-64H,5-6,13-16,21-22,25-30,33-38H2,1-4H3,(H,67,81)(H,68,82)(H,69,78)(H,70,79)/t39-,40-,45?,46-,51-,52-/m0/s1. The number of pyridine rings is 2. The number of piperidine rings is 2. The van der Waals surface area contributed by atoms with Crippen LogP contribution in [0.2, 0.25) is 0 Å². The average molecular weight is 1180 g/mol. The Morgan fingerprint density at radius 2 is 1.07 bits per heavy atom. The Bertz CT molecular complexity index is 3030. The van der Waals surface area contributed by atoms with Crippen molar-refractivity contribution < 1.29 is 28.8 Å². The fraction of sp³-hybridized carbons (Fsp3) is 0.516. The maximum absolute atomic E-state index is 14.7. The highest BCUT2D eigenvalue weighted by Crippen LogP contribution is 2.41. The lowest BCUT2D eigenvalue weighted by atomic mass is 9.84. The molecule has 6 atom stereocenters. The minimum atomic E-state index is -0.741. The van der Waals surface area contributed by atoms with Crippen LogP contribution in [0.25, 0.3) is 42.9 Å². The number of rotatable bonds is 22. The molecule has 7 amide bonds. The lowest BCUT2D eigenvalue weighted by Gasteiger charge is -2.38. The van der Waals surface area contributed by atoms with Gasteiger partial charge in [-0.2, -0.15) is 0 Å². The summed E-state index contributed by atoms with van der Waals surface area (Å²) in [4.78, 5) is 110. The smallest absolute Gasteiger partial charge is 0.317 e. The Balaban J connectivity index is 0.652. The Morgan fingerprint density at radius 1 is 0.571 bits per heavy atom. The van der Waals surface area contributed by atoms with Crippen molar-refractivity contribution >= 4 is 83.8 Å². The number of benzene rings is 2. The summed E-state index contributed by atoms with van der Waals surface area (Å²) < 4.78 is 2.01. The first-order chi connectivity index (χ1) is 40.9. The van der Waals surface area contributed by atoms with E-state index in [1.165, 1.54) is 0 Å². The summed E-state index contributed by atoms with van der Waals surface area (Å²) in [6.07, 6.45) is 12.4. The van der Waals surface area contributed by atoms with E-state index in [0.29, 0.717) is 84.5 Å². The van der Waals surface area contributed by atoms with Crippen molar-refractivity contribution in [2.45, 2.75) is 127 Å². The van der Waals surface area contributed by atoms with Gasteiger partial charge in [0.1, 0.15) is 22.1 Å². The second-order valence-corrected chi connectivity index (χ2v) is 24.8. The Hall–Kier alpha value is -7.14. The van der Waals surface area contributed by atoms with Gasteiger partial charge in [-0.3, -0.25) is 29.1 Å². The van der Waals surface area contributed by atoms with Gasteiger partial charge in [-0.25, -0.2) is 19.6 Å². The molecule has 0 radical (unpaired) electrons. The second kappa shape index (κ2) is 28.2. The number of nitrogens with zero attached hydrogens (tertiary/aromatic N) is 8. The average Bonchev–Trinajstić information content (AvgIpc) is 4.09. The van der Waals surface area contributed by atoms with Crippen LogP contribution in [0, 0.1) is 11.8 Å². The van der Waals surface area contributed by atoms with Crippen molar-refractivity contribution in [1.29, 1.82) is 0 Å². The number of likely N-dealkylation sites (N-methyl/N-ethyl adjacent to an activating group) is 2. The highest BCUT2D eigenvalue weighted by Gasteiger charge is 2.44. The first-order valence-electron chi connectivity index (χ1n) is 30.1. The molecular formula is C62H80N14O6S2. The highest BCUT2D eigenvalue weighted by atomic mass is 32.1. The highest BCUT2D eigenvalue weighted by molar-refractivity contribution is 7.22. The molecule has 6 N–H and O–H groups in total. The van der Waals surface area contributed by atoms with Gasteiger partial charge in [-0.15, -0.1) is 11.3 Å². The van der Waals surface area contributed by atoms with Gasteiger partial charge in [0.25, 0.3) is 0 Å². The number of carbonyl (C=O) groups excluding carboxylic acids is 6. The van der Waals surface area contributed by atoms with E-state index in [1.807, 2.05) is 82.6 Å². The van der Waals surface area contributed by atoms with Gasteiger partial charge in [-0.05, 0) is 116 Å². The molecule has 0 spiro atoms. The van der Waals surface area contributed by atoms with Gasteiger partial charge in [-0.1, -0.05) is 84.8 Å². The number of amides is 7. The lowest BCUT2D eigenvalue weighted by molar-refractivity contribution is -0.139. The topological polar surface area (TPSA) is 239 Å². The number of unbranched alkanes of at least 4 members (excludes halogenated alkanes) is 3. The molecule has 4 aromatic heterocycles. The molecule has 84 heavy (non-hydrogen) atoms. The molecule has 4 aliphatic heterocycles. The molecule has 0 saturated carbocycles. The molecule has 6 aromatic rings. The number of anilines is 1. The molecule has 20 nitrogen and oxygen atoms in total. The number of carbonyl (C=O) groups is 6. The SMILES string of the molecule is CN[C@@H](C)C(=O)N[C@H](C(=O)C1CCCN1c1nc2c(-c3ccccc3)nccc2s1)C1CCN(C(=O)NCCCCCCNC(=O)N2CCC([C@H](NC(=O)[C@H](C)NC)C(=O)N3CCC[C@H]3c3nc4c(-c5ccccc5)nccc4s3)CC2)CC1. The number of urea groups is 2. The van der Waals surface area contributed by atoms with E-state index in [-0.39, 0.29) is 53.4 Å². The van der Waals surface area contributed by atoms with E-state index >= 15 is 0 Å². The molecule has 2 aromatic carbocycles. The number of hydrogen-bond acceptors (Lipinski definition) is 15. The Kier molecular flexibility index (Phi) is 20.1. The van der Waals surface area contributed by atoms with Crippen LogP contribution in [-0.4, -0.2) is 167 Å². The summed E-state index contributed by atoms with van der Waals surface area (Å²) in [5.41, 5.74) is 5.22.